The van der Waals surface area contributed by atoms with Crippen LogP contribution in [0.4, 0.5) is 10.6 Å². The van der Waals surface area contributed by atoms with Gasteiger partial charge in [-0.3, -0.25) is 10.1 Å². The largest absolute Gasteiger partial charge is 0.481 e. The average molecular weight is 326 g/mol. The van der Waals surface area contributed by atoms with Gasteiger partial charge in [0.2, 0.25) is 0 Å². The van der Waals surface area contributed by atoms with Crippen LogP contribution in [-0.2, 0) is 4.79 Å². The zero-order chi connectivity index (χ0) is 17.2. The number of aromatic nitrogens is 2. The Hall–Kier alpha value is -2.96. The number of hydrogen-bond donors (Lipinski definition) is 2. The van der Waals surface area contributed by atoms with Gasteiger partial charge in [0, 0.05) is 18.7 Å². The van der Waals surface area contributed by atoms with Crippen molar-refractivity contribution < 1.29 is 14.7 Å². The summed E-state index contributed by atoms with van der Waals surface area (Å²) >= 11 is 0. The molecular formula is C17H18N4O3. The first-order valence-electron chi connectivity index (χ1n) is 7.66. The number of rotatable bonds is 3. The molecule has 7 nitrogen and oxygen atoms in total. The van der Waals surface area contributed by atoms with Crippen LogP contribution < -0.4 is 5.32 Å². The summed E-state index contributed by atoms with van der Waals surface area (Å²) in [6, 6.07) is 12.7. The van der Waals surface area contributed by atoms with E-state index in [4.69, 9.17) is 0 Å². The van der Waals surface area contributed by atoms with Crippen LogP contribution in [0.3, 0.4) is 0 Å². The van der Waals surface area contributed by atoms with Gasteiger partial charge in [0.25, 0.3) is 0 Å². The lowest BCUT2D eigenvalue weighted by atomic mass is 9.90. The van der Waals surface area contributed by atoms with Crippen molar-refractivity contribution in [2.24, 2.45) is 5.41 Å². The smallest absolute Gasteiger partial charge is 0.323 e. The highest BCUT2D eigenvalue weighted by atomic mass is 16.4. The summed E-state index contributed by atoms with van der Waals surface area (Å²) in [6.45, 7) is 2.24. The maximum atomic E-state index is 12.2. The molecule has 124 valence electrons. The van der Waals surface area contributed by atoms with Gasteiger partial charge < -0.3 is 10.0 Å². The molecule has 2 N–H and O–H groups in total. The van der Waals surface area contributed by atoms with E-state index in [1.807, 2.05) is 30.3 Å². The molecule has 1 unspecified atom stereocenters. The molecule has 3 rings (SSSR count). The Labute approximate surface area is 139 Å². The summed E-state index contributed by atoms with van der Waals surface area (Å²) in [7, 11) is 0. The van der Waals surface area contributed by atoms with E-state index in [1.54, 1.807) is 19.1 Å². The van der Waals surface area contributed by atoms with Gasteiger partial charge in [-0.25, -0.2) is 4.79 Å². The number of nitrogens with zero attached hydrogens (tertiary/aromatic N) is 3. The predicted molar refractivity (Wildman–Crippen MR) is 88.4 cm³/mol. The fraction of sp³-hybridized carbons (Fsp3) is 0.294. The van der Waals surface area contributed by atoms with Gasteiger partial charge in [-0.1, -0.05) is 30.3 Å². The molecule has 1 aliphatic heterocycles. The van der Waals surface area contributed by atoms with Gasteiger partial charge in [-0.2, -0.15) is 0 Å². The van der Waals surface area contributed by atoms with Crippen LogP contribution in [0, 0.1) is 5.41 Å². The van der Waals surface area contributed by atoms with E-state index >= 15 is 0 Å². The fourth-order valence-corrected chi connectivity index (χ4v) is 2.66. The van der Waals surface area contributed by atoms with Crippen LogP contribution in [-0.4, -0.2) is 45.3 Å². The van der Waals surface area contributed by atoms with Gasteiger partial charge in [-0.05, 0) is 25.5 Å². The summed E-state index contributed by atoms with van der Waals surface area (Å²) in [4.78, 5) is 25.0. The van der Waals surface area contributed by atoms with Crippen LogP contribution >= 0.6 is 0 Å². The summed E-state index contributed by atoms with van der Waals surface area (Å²) in [6.07, 6.45) is 0.439. The van der Waals surface area contributed by atoms with Crippen LogP contribution in [0.1, 0.15) is 13.3 Å². The number of benzene rings is 1. The molecule has 1 saturated heterocycles. The lowest BCUT2D eigenvalue weighted by molar-refractivity contribution is -0.146. The molecule has 0 aliphatic carbocycles. The molecule has 2 amide bonds. The third-order valence-electron chi connectivity index (χ3n) is 4.25. The molecule has 2 heterocycles. The summed E-state index contributed by atoms with van der Waals surface area (Å²) in [5.74, 6) is -0.548. The molecule has 1 atom stereocenters. The number of carboxylic acid groups (broad SMARTS) is 1. The maximum Gasteiger partial charge on any atom is 0.323 e. The Morgan fingerprint density at radius 2 is 1.92 bits per heavy atom. The third-order valence-corrected chi connectivity index (χ3v) is 4.25. The molecule has 1 aliphatic rings. The first kappa shape index (κ1) is 15.9. The van der Waals surface area contributed by atoms with E-state index in [0.29, 0.717) is 24.5 Å². The number of anilines is 1. The molecule has 7 heteroatoms. The number of urea groups is 1. The number of nitrogens with one attached hydrogen (secondary N) is 1. The zero-order valence-corrected chi connectivity index (χ0v) is 13.3. The van der Waals surface area contributed by atoms with Crippen molar-refractivity contribution in [1.82, 2.24) is 15.1 Å². The minimum atomic E-state index is -0.889. The van der Waals surface area contributed by atoms with Crippen LogP contribution in [0.2, 0.25) is 0 Å². The zero-order valence-electron chi connectivity index (χ0n) is 13.3. The first-order chi connectivity index (χ1) is 11.5. The quantitative estimate of drug-likeness (QED) is 0.903. The van der Waals surface area contributed by atoms with Gasteiger partial charge in [-0.15, -0.1) is 10.2 Å². The topological polar surface area (TPSA) is 95.4 Å². The van der Waals surface area contributed by atoms with E-state index in [2.05, 4.69) is 15.5 Å². The molecule has 1 fully saturated rings. The summed E-state index contributed by atoms with van der Waals surface area (Å²) in [5.41, 5.74) is 0.771. The lowest BCUT2D eigenvalue weighted by Gasteiger charge is -2.20. The van der Waals surface area contributed by atoms with E-state index < -0.39 is 11.4 Å². The molecule has 0 radical (unpaired) electrons. The molecular weight excluding hydrogens is 308 g/mol. The highest BCUT2D eigenvalue weighted by molar-refractivity contribution is 5.89. The second kappa shape index (κ2) is 6.27. The van der Waals surface area contributed by atoms with Gasteiger partial charge in [0.05, 0.1) is 11.1 Å². The second-order valence-corrected chi connectivity index (χ2v) is 6.14. The molecule has 1 aromatic carbocycles. The molecule has 1 aromatic heterocycles. The van der Waals surface area contributed by atoms with Crippen LogP contribution in [0.15, 0.2) is 42.5 Å². The van der Waals surface area contributed by atoms with Crippen LogP contribution in [0.5, 0.6) is 0 Å². The van der Waals surface area contributed by atoms with E-state index in [1.165, 1.54) is 4.90 Å². The van der Waals surface area contributed by atoms with Gasteiger partial charge in [0.1, 0.15) is 0 Å². The Kier molecular flexibility index (Phi) is 4.16. The molecule has 0 bridgehead atoms. The number of aliphatic carboxylic acids is 1. The van der Waals surface area contributed by atoms with Crippen molar-refractivity contribution >= 4 is 17.8 Å². The van der Waals surface area contributed by atoms with Crippen molar-refractivity contribution in [3.8, 4) is 11.3 Å². The highest BCUT2D eigenvalue weighted by Gasteiger charge is 2.42. The Bertz CT molecular complexity index is 748. The minimum Gasteiger partial charge on any atom is -0.481 e. The SMILES string of the molecule is CC1(C(=O)O)CCN(C(=O)Nc2ccc(-c3ccccc3)nn2)C1. The lowest BCUT2D eigenvalue weighted by Crippen LogP contribution is -2.37. The van der Waals surface area contributed by atoms with Crippen LogP contribution in [0.25, 0.3) is 11.3 Å². The Balaban J connectivity index is 1.64. The monoisotopic (exact) mass is 326 g/mol. The normalized spacial score (nSPS) is 20.0. The molecule has 0 saturated carbocycles. The van der Waals surface area contributed by atoms with Crippen molar-refractivity contribution in [3.05, 3.63) is 42.5 Å². The summed E-state index contributed by atoms with van der Waals surface area (Å²) < 4.78 is 0. The van der Waals surface area contributed by atoms with Gasteiger partial charge >= 0.3 is 12.0 Å². The number of carbonyl (C=O) groups is 2. The Morgan fingerprint density at radius 3 is 2.50 bits per heavy atom. The third kappa shape index (κ3) is 3.19. The Morgan fingerprint density at radius 1 is 1.17 bits per heavy atom. The first-order valence-corrected chi connectivity index (χ1v) is 7.66. The van der Waals surface area contributed by atoms with Crippen molar-refractivity contribution in [2.75, 3.05) is 18.4 Å². The minimum absolute atomic E-state index is 0.184. The van der Waals surface area contributed by atoms with E-state index in [-0.39, 0.29) is 12.6 Å². The molecule has 2 aromatic rings. The second-order valence-electron chi connectivity index (χ2n) is 6.14. The number of carbonyl (C=O) groups excluding carboxylic acids is 1. The standard InChI is InChI=1S/C17H18N4O3/c1-17(15(22)23)9-10-21(11-17)16(24)18-14-8-7-13(19-20-14)12-5-3-2-4-6-12/h2-8H,9-11H2,1H3,(H,22,23)(H,18,20,24). The number of carboxylic acids is 1. The van der Waals surface area contributed by atoms with Crippen molar-refractivity contribution in [1.29, 1.82) is 0 Å². The van der Waals surface area contributed by atoms with E-state index in [9.17, 15) is 14.7 Å². The number of hydrogen-bond acceptors (Lipinski definition) is 4. The molecule has 24 heavy (non-hydrogen) atoms. The molecule has 0 spiro atoms. The van der Waals surface area contributed by atoms with E-state index in [0.717, 1.165) is 5.56 Å². The predicted octanol–water partition coefficient (Wildman–Crippen LogP) is 2.47. The summed E-state index contributed by atoms with van der Waals surface area (Å²) in [5, 5.41) is 20.0. The van der Waals surface area contributed by atoms with Crippen molar-refractivity contribution in [3.63, 3.8) is 0 Å². The van der Waals surface area contributed by atoms with Gasteiger partial charge in [0.15, 0.2) is 5.82 Å². The average Bonchev–Trinajstić information content (AvgIpc) is 3.00. The maximum absolute atomic E-state index is 12.2. The number of likely N-dealkylation sites (tertiary alicyclic amines) is 1. The number of amides is 2. The van der Waals surface area contributed by atoms with Crippen molar-refractivity contribution in [2.45, 2.75) is 13.3 Å². The highest BCUT2D eigenvalue weighted by Crippen LogP contribution is 2.30. The fourth-order valence-electron chi connectivity index (χ4n) is 2.66.